The number of aliphatic hydroxyl groups is 1. The van der Waals surface area contributed by atoms with Crippen LogP contribution < -0.4 is 0 Å². The summed E-state index contributed by atoms with van der Waals surface area (Å²) in [6, 6.07) is 0. The second-order valence-corrected chi connectivity index (χ2v) is 2.91. The van der Waals surface area contributed by atoms with Crippen molar-refractivity contribution in [1.82, 2.24) is 0 Å². The summed E-state index contributed by atoms with van der Waals surface area (Å²) in [6.45, 7) is 2.23. The Labute approximate surface area is 72.2 Å². The third-order valence-electron chi connectivity index (χ3n) is 1.17. The highest BCUT2D eigenvalue weighted by Crippen LogP contribution is 2.06. The molecule has 0 fully saturated rings. The van der Waals surface area contributed by atoms with E-state index in [-0.39, 0.29) is 24.2 Å². The standard InChI is InChI=1S/C7H14O3S/c1-2-10-7(9)5-6(11)3-4-8/h6,8,11H,2-5H2,1H3. The highest BCUT2D eigenvalue weighted by Gasteiger charge is 2.09. The molecule has 0 heterocycles. The van der Waals surface area contributed by atoms with Crippen LogP contribution in [0.2, 0.25) is 0 Å². The van der Waals surface area contributed by atoms with Crippen LogP contribution in [-0.4, -0.2) is 29.5 Å². The van der Waals surface area contributed by atoms with Crippen LogP contribution in [0.1, 0.15) is 19.8 Å². The Hall–Kier alpha value is -0.220. The molecular formula is C7H14O3S. The molecule has 0 aliphatic carbocycles. The topological polar surface area (TPSA) is 46.5 Å². The van der Waals surface area contributed by atoms with Crippen LogP contribution in [-0.2, 0) is 9.53 Å². The number of hydrogen-bond donors (Lipinski definition) is 2. The summed E-state index contributed by atoms with van der Waals surface area (Å²) in [5, 5.41) is 8.39. The van der Waals surface area contributed by atoms with E-state index in [1.165, 1.54) is 0 Å². The van der Waals surface area contributed by atoms with Crippen LogP contribution in [0.15, 0.2) is 0 Å². The van der Waals surface area contributed by atoms with E-state index >= 15 is 0 Å². The lowest BCUT2D eigenvalue weighted by Crippen LogP contribution is -2.12. The lowest BCUT2D eigenvalue weighted by molar-refractivity contribution is -0.143. The largest absolute Gasteiger partial charge is 0.466 e. The van der Waals surface area contributed by atoms with Gasteiger partial charge < -0.3 is 9.84 Å². The molecule has 0 spiro atoms. The quantitative estimate of drug-likeness (QED) is 0.479. The maximum absolute atomic E-state index is 10.8. The van der Waals surface area contributed by atoms with E-state index in [1.54, 1.807) is 6.92 Å². The van der Waals surface area contributed by atoms with Gasteiger partial charge in [-0.15, -0.1) is 0 Å². The Morgan fingerprint density at radius 2 is 2.36 bits per heavy atom. The second kappa shape index (κ2) is 6.49. The van der Waals surface area contributed by atoms with E-state index in [9.17, 15) is 4.79 Å². The predicted octanol–water partition coefficient (Wildman–Crippen LogP) is 0.620. The van der Waals surface area contributed by atoms with E-state index < -0.39 is 0 Å². The molecule has 66 valence electrons. The van der Waals surface area contributed by atoms with Gasteiger partial charge in [-0.1, -0.05) is 0 Å². The fraction of sp³-hybridized carbons (Fsp3) is 0.857. The first-order valence-electron chi connectivity index (χ1n) is 3.65. The van der Waals surface area contributed by atoms with Crippen LogP contribution >= 0.6 is 12.6 Å². The maximum Gasteiger partial charge on any atom is 0.306 e. The molecule has 1 N–H and O–H groups in total. The molecule has 0 saturated carbocycles. The summed E-state index contributed by atoms with van der Waals surface area (Å²) >= 11 is 4.08. The van der Waals surface area contributed by atoms with Crippen LogP contribution in [0.4, 0.5) is 0 Å². The van der Waals surface area contributed by atoms with Crippen molar-refractivity contribution in [2.75, 3.05) is 13.2 Å². The fourth-order valence-corrected chi connectivity index (χ4v) is 0.928. The van der Waals surface area contributed by atoms with Gasteiger partial charge in [0, 0.05) is 11.9 Å². The lowest BCUT2D eigenvalue weighted by atomic mass is 10.2. The highest BCUT2D eigenvalue weighted by molar-refractivity contribution is 7.81. The van der Waals surface area contributed by atoms with Crippen molar-refractivity contribution in [1.29, 1.82) is 0 Å². The zero-order chi connectivity index (χ0) is 8.69. The molecule has 1 unspecified atom stereocenters. The fourth-order valence-electron chi connectivity index (χ4n) is 0.663. The minimum absolute atomic E-state index is 0.0631. The van der Waals surface area contributed by atoms with Crippen molar-refractivity contribution in [3.63, 3.8) is 0 Å². The van der Waals surface area contributed by atoms with Gasteiger partial charge in [-0.2, -0.15) is 12.6 Å². The average Bonchev–Trinajstić information content (AvgIpc) is 1.87. The molecule has 4 heteroatoms. The number of hydrogen-bond acceptors (Lipinski definition) is 4. The maximum atomic E-state index is 10.8. The van der Waals surface area contributed by atoms with Crippen LogP contribution in [0.25, 0.3) is 0 Å². The molecule has 0 aromatic rings. The molecule has 11 heavy (non-hydrogen) atoms. The van der Waals surface area contributed by atoms with E-state index in [0.29, 0.717) is 13.0 Å². The Morgan fingerprint density at radius 1 is 1.73 bits per heavy atom. The minimum Gasteiger partial charge on any atom is -0.466 e. The van der Waals surface area contributed by atoms with E-state index in [2.05, 4.69) is 17.4 Å². The highest BCUT2D eigenvalue weighted by atomic mass is 32.1. The third kappa shape index (κ3) is 6.19. The smallest absolute Gasteiger partial charge is 0.306 e. The first-order chi connectivity index (χ1) is 5.20. The number of carbonyl (C=O) groups excluding carboxylic acids is 1. The van der Waals surface area contributed by atoms with Crippen LogP contribution in [0.3, 0.4) is 0 Å². The van der Waals surface area contributed by atoms with Gasteiger partial charge in [-0.25, -0.2) is 0 Å². The van der Waals surface area contributed by atoms with Gasteiger partial charge in [0.05, 0.1) is 13.0 Å². The molecule has 0 aliphatic heterocycles. The Balaban J connectivity index is 3.40. The van der Waals surface area contributed by atoms with E-state index in [4.69, 9.17) is 5.11 Å². The number of thiol groups is 1. The summed E-state index contributed by atoms with van der Waals surface area (Å²) in [4.78, 5) is 10.8. The average molecular weight is 178 g/mol. The van der Waals surface area contributed by atoms with Crippen LogP contribution in [0.5, 0.6) is 0 Å². The number of aliphatic hydroxyl groups excluding tert-OH is 1. The SMILES string of the molecule is CCOC(=O)CC(S)CCO. The van der Waals surface area contributed by atoms with Crippen molar-refractivity contribution < 1.29 is 14.6 Å². The van der Waals surface area contributed by atoms with Crippen molar-refractivity contribution in [3.05, 3.63) is 0 Å². The Bertz CT molecular complexity index is 116. The predicted molar refractivity (Wildman–Crippen MR) is 45.7 cm³/mol. The van der Waals surface area contributed by atoms with Crippen molar-refractivity contribution >= 4 is 18.6 Å². The van der Waals surface area contributed by atoms with Gasteiger partial charge in [0.2, 0.25) is 0 Å². The first-order valence-corrected chi connectivity index (χ1v) is 4.16. The third-order valence-corrected chi connectivity index (χ3v) is 1.61. The summed E-state index contributed by atoms with van der Waals surface area (Å²) in [5.41, 5.74) is 0. The molecule has 0 aromatic heterocycles. The number of rotatable bonds is 5. The minimum atomic E-state index is -0.249. The lowest BCUT2D eigenvalue weighted by Gasteiger charge is -2.06. The molecule has 0 saturated heterocycles. The molecule has 3 nitrogen and oxygen atoms in total. The zero-order valence-electron chi connectivity index (χ0n) is 6.62. The Morgan fingerprint density at radius 3 is 2.82 bits per heavy atom. The first kappa shape index (κ1) is 10.8. The van der Waals surface area contributed by atoms with Gasteiger partial charge in [0.25, 0.3) is 0 Å². The summed E-state index contributed by atoms with van der Waals surface area (Å²) < 4.78 is 4.69. The summed E-state index contributed by atoms with van der Waals surface area (Å²) in [5.74, 6) is -0.249. The molecule has 0 amide bonds. The van der Waals surface area contributed by atoms with Crippen LogP contribution in [0, 0.1) is 0 Å². The summed E-state index contributed by atoms with van der Waals surface area (Å²) in [6.07, 6.45) is 0.805. The van der Waals surface area contributed by atoms with E-state index in [0.717, 1.165) is 0 Å². The molecule has 0 bridgehead atoms. The van der Waals surface area contributed by atoms with Gasteiger partial charge >= 0.3 is 5.97 Å². The Kier molecular flexibility index (Phi) is 6.36. The molecule has 0 rings (SSSR count). The van der Waals surface area contributed by atoms with Crippen molar-refractivity contribution in [2.24, 2.45) is 0 Å². The molecular weight excluding hydrogens is 164 g/mol. The van der Waals surface area contributed by atoms with E-state index in [1.807, 2.05) is 0 Å². The van der Waals surface area contributed by atoms with Gasteiger partial charge in [-0.3, -0.25) is 4.79 Å². The second-order valence-electron chi connectivity index (χ2n) is 2.18. The molecule has 0 aliphatic rings. The number of esters is 1. The molecule has 0 aromatic carbocycles. The van der Waals surface area contributed by atoms with Crippen molar-refractivity contribution in [3.8, 4) is 0 Å². The monoisotopic (exact) mass is 178 g/mol. The zero-order valence-corrected chi connectivity index (χ0v) is 7.51. The van der Waals surface area contributed by atoms with Gasteiger partial charge in [0.15, 0.2) is 0 Å². The van der Waals surface area contributed by atoms with Gasteiger partial charge in [0.1, 0.15) is 0 Å². The number of ether oxygens (including phenoxy) is 1. The summed E-state index contributed by atoms with van der Waals surface area (Å²) in [7, 11) is 0. The van der Waals surface area contributed by atoms with Gasteiger partial charge in [-0.05, 0) is 13.3 Å². The molecule has 0 radical (unpaired) electrons. The number of carbonyl (C=O) groups is 1. The van der Waals surface area contributed by atoms with Crippen molar-refractivity contribution in [2.45, 2.75) is 25.0 Å². The normalized spacial score (nSPS) is 12.6. The molecule has 1 atom stereocenters.